The topological polar surface area (TPSA) is 75.0 Å². The van der Waals surface area contributed by atoms with E-state index in [-0.39, 0.29) is 11.7 Å². The molecule has 3 rings (SSSR count). The maximum absolute atomic E-state index is 12.3. The van der Waals surface area contributed by atoms with Gasteiger partial charge < -0.3 is 9.32 Å². The van der Waals surface area contributed by atoms with Crippen molar-refractivity contribution < 1.29 is 9.21 Å². The highest BCUT2D eigenvalue weighted by Gasteiger charge is 2.35. The van der Waals surface area contributed by atoms with Gasteiger partial charge in [-0.15, -0.1) is 5.10 Å². The number of furan rings is 1. The first-order valence-electron chi connectivity index (χ1n) is 5.96. The first-order chi connectivity index (χ1) is 8.74. The lowest BCUT2D eigenvalue weighted by atomic mass is 10.3. The number of carbonyl (C=O) groups is 1. The molecule has 1 saturated carbocycles. The van der Waals surface area contributed by atoms with E-state index in [2.05, 4.69) is 15.2 Å². The fourth-order valence-corrected chi connectivity index (χ4v) is 1.89. The molecule has 1 N–H and O–H groups in total. The van der Waals surface area contributed by atoms with E-state index in [4.69, 9.17) is 4.42 Å². The highest BCUT2D eigenvalue weighted by Crippen LogP contribution is 2.29. The van der Waals surface area contributed by atoms with Crippen molar-refractivity contribution in [2.45, 2.75) is 32.4 Å². The van der Waals surface area contributed by atoms with Gasteiger partial charge in [-0.05, 0) is 31.9 Å². The van der Waals surface area contributed by atoms with Gasteiger partial charge in [0.05, 0.1) is 12.8 Å². The molecule has 1 amide bonds. The lowest BCUT2D eigenvalue weighted by molar-refractivity contribution is 0.0705. The number of aromatic amines is 1. The first kappa shape index (κ1) is 11.0. The molecule has 6 nitrogen and oxygen atoms in total. The van der Waals surface area contributed by atoms with Crippen LogP contribution in [0.25, 0.3) is 0 Å². The van der Waals surface area contributed by atoms with Crippen LogP contribution in [-0.4, -0.2) is 32.0 Å². The van der Waals surface area contributed by atoms with Gasteiger partial charge in [0.2, 0.25) is 5.82 Å². The van der Waals surface area contributed by atoms with Crippen LogP contribution < -0.4 is 0 Å². The summed E-state index contributed by atoms with van der Waals surface area (Å²) < 4.78 is 5.29. The number of amides is 1. The smallest absolute Gasteiger partial charge is 0.294 e. The SMILES string of the molecule is Cc1nc(C(=O)N(Cc2ccco2)C2CC2)n[nH]1. The van der Waals surface area contributed by atoms with Gasteiger partial charge in [0.1, 0.15) is 11.6 Å². The van der Waals surface area contributed by atoms with E-state index in [1.54, 1.807) is 18.1 Å². The minimum Gasteiger partial charge on any atom is -0.467 e. The summed E-state index contributed by atoms with van der Waals surface area (Å²) in [6.07, 6.45) is 3.69. The number of aromatic nitrogens is 3. The fraction of sp³-hybridized carbons (Fsp3) is 0.417. The molecule has 0 saturated heterocycles. The summed E-state index contributed by atoms with van der Waals surface area (Å²) in [4.78, 5) is 18.2. The van der Waals surface area contributed by atoms with Gasteiger partial charge in [-0.25, -0.2) is 4.98 Å². The Hall–Kier alpha value is -2.11. The summed E-state index contributed by atoms with van der Waals surface area (Å²) >= 11 is 0. The summed E-state index contributed by atoms with van der Waals surface area (Å²) in [5, 5.41) is 6.61. The van der Waals surface area contributed by atoms with Crippen molar-refractivity contribution >= 4 is 5.91 Å². The molecular weight excluding hydrogens is 232 g/mol. The predicted molar refractivity (Wildman–Crippen MR) is 62.7 cm³/mol. The van der Waals surface area contributed by atoms with Crippen LogP contribution in [-0.2, 0) is 6.54 Å². The van der Waals surface area contributed by atoms with Crippen molar-refractivity contribution in [1.82, 2.24) is 20.1 Å². The number of nitrogens with zero attached hydrogens (tertiary/aromatic N) is 3. The van der Waals surface area contributed by atoms with Crippen LogP contribution in [0.4, 0.5) is 0 Å². The van der Waals surface area contributed by atoms with Gasteiger partial charge >= 0.3 is 0 Å². The zero-order chi connectivity index (χ0) is 12.5. The van der Waals surface area contributed by atoms with Crippen LogP contribution in [0.5, 0.6) is 0 Å². The Labute approximate surface area is 104 Å². The second kappa shape index (κ2) is 4.29. The number of rotatable bonds is 4. The van der Waals surface area contributed by atoms with Crippen LogP contribution in [0.2, 0.25) is 0 Å². The minimum atomic E-state index is -0.141. The monoisotopic (exact) mass is 246 g/mol. The van der Waals surface area contributed by atoms with Gasteiger partial charge in [-0.2, -0.15) is 0 Å². The van der Waals surface area contributed by atoms with Crippen molar-refractivity contribution in [2.75, 3.05) is 0 Å². The van der Waals surface area contributed by atoms with Crippen molar-refractivity contribution in [1.29, 1.82) is 0 Å². The number of aryl methyl sites for hydroxylation is 1. The zero-order valence-electron chi connectivity index (χ0n) is 10.1. The molecule has 1 fully saturated rings. The number of hydrogen-bond acceptors (Lipinski definition) is 4. The normalized spacial score (nSPS) is 14.7. The van der Waals surface area contributed by atoms with E-state index in [1.807, 2.05) is 12.1 Å². The molecule has 2 aromatic heterocycles. The third kappa shape index (κ3) is 2.13. The van der Waals surface area contributed by atoms with E-state index in [0.29, 0.717) is 18.4 Å². The van der Waals surface area contributed by atoms with Gasteiger partial charge in [0, 0.05) is 6.04 Å². The van der Waals surface area contributed by atoms with Crippen LogP contribution in [0.3, 0.4) is 0 Å². The summed E-state index contributed by atoms with van der Waals surface area (Å²) in [6.45, 7) is 2.25. The van der Waals surface area contributed by atoms with E-state index < -0.39 is 0 Å². The fourth-order valence-electron chi connectivity index (χ4n) is 1.89. The van der Waals surface area contributed by atoms with Crippen molar-refractivity contribution in [3.63, 3.8) is 0 Å². The number of carbonyl (C=O) groups excluding carboxylic acids is 1. The van der Waals surface area contributed by atoms with Crippen molar-refractivity contribution in [3.8, 4) is 0 Å². The lowest BCUT2D eigenvalue weighted by Gasteiger charge is -2.19. The molecule has 94 valence electrons. The second-order valence-electron chi connectivity index (χ2n) is 4.49. The minimum absolute atomic E-state index is 0.141. The van der Waals surface area contributed by atoms with Gasteiger partial charge in [-0.1, -0.05) is 0 Å². The molecule has 0 bridgehead atoms. The van der Waals surface area contributed by atoms with Crippen LogP contribution in [0, 0.1) is 6.92 Å². The quantitative estimate of drug-likeness (QED) is 0.887. The van der Waals surface area contributed by atoms with E-state index in [9.17, 15) is 4.79 Å². The largest absolute Gasteiger partial charge is 0.467 e. The number of hydrogen-bond donors (Lipinski definition) is 1. The van der Waals surface area contributed by atoms with Crippen LogP contribution in [0.15, 0.2) is 22.8 Å². The molecule has 0 unspecified atom stereocenters. The number of H-pyrrole nitrogens is 1. The van der Waals surface area contributed by atoms with Crippen LogP contribution >= 0.6 is 0 Å². The molecule has 0 aliphatic heterocycles. The summed E-state index contributed by atoms with van der Waals surface area (Å²) in [5.74, 6) is 1.51. The average Bonchev–Trinajstić information content (AvgIpc) is 2.88. The van der Waals surface area contributed by atoms with Crippen molar-refractivity contribution in [3.05, 3.63) is 35.8 Å². The Kier molecular flexibility index (Phi) is 2.62. The van der Waals surface area contributed by atoms with E-state index in [0.717, 1.165) is 18.6 Å². The summed E-state index contributed by atoms with van der Waals surface area (Å²) in [5.41, 5.74) is 0. The van der Waals surface area contributed by atoms with Gasteiger partial charge in [0.15, 0.2) is 0 Å². The maximum Gasteiger partial charge on any atom is 0.294 e. The Bertz CT molecular complexity index is 542. The first-order valence-corrected chi connectivity index (χ1v) is 5.96. The van der Waals surface area contributed by atoms with E-state index in [1.165, 1.54) is 0 Å². The average molecular weight is 246 g/mol. The highest BCUT2D eigenvalue weighted by atomic mass is 16.3. The molecule has 1 aliphatic carbocycles. The van der Waals surface area contributed by atoms with Crippen LogP contribution in [0.1, 0.15) is 35.0 Å². The Balaban J connectivity index is 1.79. The maximum atomic E-state index is 12.3. The molecule has 0 aromatic carbocycles. The molecule has 2 heterocycles. The highest BCUT2D eigenvalue weighted by molar-refractivity contribution is 5.90. The van der Waals surface area contributed by atoms with Gasteiger partial charge in [-0.3, -0.25) is 9.89 Å². The lowest BCUT2D eigenvalue weighted by Crippen LogP contribution is -2.33. The predicted octanol–water partition coefficient (Wildman–Crippen LogP) is 1.51. The molecule has 1 aliphatic rings. The number of nitrogens with one attached hydrogen (secondary N) is 1. The molecule has 18 heavy (non-hydrogen) atoms. The molecule has 2 aromatic rings. The van der Waals surface area contributed by atoms with Gasteiger partial charge in [0.25, 0.3) is 5.91 Å². The standard InChI is InChI=1S/C12H14N4O2/c1-8-13-11(15-14-8)12(17)16(9-4-5-9)7-10-3-2-6-18-10/h2-3,6,9H,4-5,7H2,1H3,(H,13,14,15). The third-order valence-corrected chi connectivity index (χ3v) is 2.94. The Morgan fingerprint density at radius 1 is 1.61 bits per heavy atom. The summed E-state index contributed by atoms with van der Waals surface area (Å²) in [6, 6.07) is 3.98. The van der Waals surface area contributed by atoms with Crippen molar-refractivity contribution in [2.24, 2.45) is 0 Å². The molecule has 0 spiro atoms. The second-order valence-corrected chi connectivity index (χ2v) is 4.49. The third-order valence-electron chi connectivity index (χ3n) is 2.94. The molecule has 6 heteroatoms. The Morgan fingerprint density at radius 3 is 3.00 bits per heavy atom. The van der Waals surface area contributed by atoms with E-state index >= 15 is 0 Å². The summed E-state index contributed by atoms with van der Waals surface area (Å²) in [7, 11) is 0. The molecule has 0 radical (unpaired) electrons. The molecule has 0 atom stereocenters. The Morgan fingerprint density at radius 2 is 2.44 bits per heavy atom. The zero-order valence-corrected chi connectivity index (χ0v) is 10.1. The molecular formula is C12H14N4O2.